The summed E-state index contributed by atoms with van der Waals surface area (Å²) in [5, 5.41) is 2.74. The summed E-state index contributed by atoms with van der Waals surface area (Å²) in [6, 6.07) is 9.81. The first kappa shape index (κ1) is 18.1. The number of hydrogen-bond acceptors (Lipinski definition) is 3. The number of hydrogen-bond donors (Lipinski definition) is 1. The van der Waals surface area contributed by atoms with Gasteiger partial charge in [-0.25, -0.2) is 8.78 Å². The van der Waals surface area contributed by atoms with Gasteiger partial charge in [0.2, 0.25) is 5.91 Å². The fourth-order valence-corrected chi connectivity index (χ4v) is 2.82. The monoisotopic (exact) mass is 349 g/mol. The summed E-state index contributed by atoms with van der Waals surface area (Å²) in [4.78, 5) is 23.9. The van der Waals surface area contributed by atoms with Gasteiger partial charge >= 0.3 is 0 Å². The van der Waals surface area contributed by atoms with E-state index in [1.807, 2.05) is 6.92 Å². The van der Waals surface area contributed by atoms with Crippen LogP contribution in [0.3, 0.4) is 0 Å². The van der Waals surface area contributed by atoms with E-state index in [4.69, 9.17) is 0 Å². The normalized spacial score (nSPS) is 10.5. The minimum Gasteiger partial charge on any atom is -0.326 e. The maximum atomic E-state index is 13.5. The fraction of sp³-hybridized carbons (Fsp3) is 0.222. The summed E-state index contributed by atoms with van der Waals surface area (Å²) in [6.07, 6.45) is 1.21. The Bertz CT molecular complexity index is 732. The van der Waals surface area contributed by atoms with Crippen LogP contribution < -0.4 is 5.32 Å². The lowest BCUT2D eigenvalue weighted by Gasteiger charge is -2.06. The Hall–Kier alpha value is -2.21. The van der Waals surface area contributed by atoms with Crippen LogP contribution >= 0.6 is 11.8 Å². The topological polar surface area (TPSA) is 46.2 Å². The summed E-state index contributed by atoms with van der Waals surface area (Å²) in [7, 11) is 0. The number of Topliss-reactive ketones (excluding diaryl/α,β-unsaturated/α-hetero) is 1. The van der Waals surface area contributed by atoms with Crippen molar-refractivity contribution in [3.05, 3.63) is 59.7 Å². The van der Waals surface area contributed by atoms with Gasteiger partial charge in [0.25, 0.3) is 0 Å². The van der Waals surface area contributed by atoms with Gasteiger partial charge in [-0.2, -0.15) is 0 Å². The number of carbonyl (C=O) groups is 2. The Morgan fingerprint density at radius 2 is 1.79 bits per heavy atom. The smallest absolute Gasteiger partial charge is 0.224 e. The van der Waals surface area contributed by atoms with Crippen LogP contribution in [0.2, 0.25) is 0 Å². The molecular formula is C18H17F2NO2S. The fourth-order valence-electron chi connectivity index (χ4n) is 2.01. The molecule has 3 nitrogen and oxygen atoms in total. The minimum absolute atomic E-state index is 0.0457. The van der Waals surface area contributed by atoms with Crippen LogP contribution in [0.5, 0.6) is 0 Å². The Labute approximate surface area is 143 Å². The first-order chi connectivity index (χ1) is 11.5. The zero-order valence-electron chi connectivity index (χ0n) is 13.1. The first-order valence-corrected chi connectivity index (χ1v) is 8.49. The molecule has 0 aliphatic rings. The summed E-state index contributed by atoms with van der Waals surface area (Å²) in [5.41, 5.74) is 1.10. The van der Waals surface area contributed by atoms with Crippen LogP contribution in [-0.4, -0.2) is 17.4 Å². The van der Waals surface area contributed by atoms with Crippen LogP contribution in [0.1, 0.15) is 30.1 Å². The van der Waals surface area contributed by atoms with Gasteiger partial charge in [0, 0.05) is 28.6 Å². The van der Waals surface area contributed by atoms with E-state index in [9.17, 15) is 18.4 Å². The van der Waals surface area contributed by atoms with Crippen LogP contribution in [-0.2, 0) is 4.79 Å². The largest absolute Gasteiger partial charge is 0.326 e. The van der Waals surface area contributed by atoms with Crippen molar-refractivity contribution in [2.75, 3.05) is 11.1 Å². The van der Waals surface area contributed by atoms with E-state index < -0.39 is 11.6 Å². The van der Waals surface area contributed by atoms with E-state index in [-0.39, 0.29) is 22.3 Å². The third kappa shape index (κ3) is 5.16. The maximum Gasteiger partial charge on any atom is 0.224 e. The van der Waals surface area contributed by atoms with Crippen molar-refractivity contribution in [2.45, 2.75) is 24.7 Å². The predicted molar refractivity (Wildman–Crippen MR) is 91.4 cm³/mol. The van der Waals surface area contributed by atoms with Gasteiger partial charge < -0.3 is 5.32 Å². The first-order valence-electron chi connectivity index (χ1n) is 7.50. The van der Waals surface area contributed by atoms with Crippen LogP contribution in [0.25, 0.3) is 0 Å². The van der Waals surface area contributed by atoms with E-state index in [1.165, 1.54) is 6.07 Å². The molecule has 0 saturated heterocycles. The van der Waals surface area contributed by atoms with Gasteiger partial charge in [-0.3, -0.25) is 9.59 Å². The molecular weight excluding hydrogens is 332 g/mol. The zero-order valence-corrected chi connectivity index (χ0v) is 14.0. The molecule has 6 heteroatoms. The molecule has 0 aliphatic heterocycles. The molecule has 0 unspecified atom stereocenters. The van der Waals surface area contributed by atoms with E-state index in [0.717, 1.165) is 30.3 Å². The number of halogens is 2. The SMILES string of the molecule is CCCC(=O)Nc1ccc(C(=O)CSc2ccc(F)cc2F)cc1. The molecule has 0 aromatic heterocycles. The van der Waals surface area contributed by atoms with Crippen LogP contribution in [0.15, 0.2) is 47.4 Å². The van der Waals surface area contributed by atoms with Crippen molar-refractivity contribution in [3.8, 4) is 0 Å². The third-order valence-corrected chi connectivity index (χ3v) is 4.27. The number of carbonyl (C=O) groups excluding carboxylic acids is 2. The molecule has 0 fully saturated rings. The van der Waals surface area contributed by atoms with E-state index >= 15 is 0 Å². The van der Waals surface area contributed by atoms with Gasteiger partial charge in [0.05, 0.1) is 5.75 Å². The quantitative estimate of drug-likeness (QED) is 0.583. The second-order valence-corrected chi connectivity index (χ2v) is 6.18. The summed E-state index contributed by atoms with van der Waals surface area (Å²) >= 11 is 1.02. The molecule has 2 aromatic carbocycles. The van der Waals surface area contributed by atoms with Crippen molar-refractivity contribution in [3.63, 3.8) is 0 Å². The number of amides is 1. The van der Waals surface area contributed by atoms with Gasteiger partial charge in [-0.1, -0.05) is 6.92 Å². The Morgan fingerprint density at radius 3 is 2.42 bits per heavy atom. The molecule has 0 heterocycles. The number of ketones is 1. The highest BCUT2D eigenvalue weighted by Gasteiger charge is 2.10. The summed E-state index contributed by atoms with van der Waals surface area (Å²) < 4.78 is 26.4. The molecule has 0 bridgehead atoms. The number of thioether (sulfide) groups is 1. The molecule has 0 atom stereocenters. The lowest BCUT2D eigenvalue weighted by molar-refractivity contribution is -0.116. The molecule has 126 valence electrons. The standard InChI is InChI=1S/C18H17F2NO2S/c1-2-3-18(23)21-14-7-4-12(5-8-14)16(22)11-24-17-9-6-13(19)10-15(17)20/h4-10H,2-3,11H2,1H3,(H,21,23). The van der Waals surface area contributed by atoms with E-state index in [2.05, 4.69) is 5.32 Å². The molecule has 2 aromatic rings. The van der Waals surface area contributed by atoms with Crippen LogP contribution in [0.4, 0.5) is 14.5 Å². The lowest BCUT2D eigenvalue weighted by atomic mass is 10.1. The Kier molecular flexibility index (Phi) is 6.49. The molecule has 1 N–H and O–H groups in total. The second-order valence-electron chi connectivity index (χ2n) is 5.16. The number of nitrogens with one attached hydrogen (secondary N) is 1. The van der Waals surface area contributed by atoms with Crippen molar-refractivity contribution < 1.29 is 18.4 Å². The predicted octanol–water partition coefficient (Wildman–Crippen LogP) is 4.68. The van der Waals surface area contributed by atoms with Crippen molar-refractivity contribution in [1.29, 1.82) is 0 Å². The van der Waals surface area contributed by atoms with E-state index in [1.54, 1.807) is 24.3 Å². The molecule has 1 amide bonds. The summed E-state index contributed by atoms with van der Waals surface area (Å²) in [5.74, 6) is -1.52. The molecule has 2 rings (SSSR count). The molecule has 0 saturated carbocycles. The van der Waals surface area contributed by atoms with Gasteiger partial charge in [-0.05, 0) is 42.8 Å². The highest BCUT2D eigenvalue weighted by Crippen LogP contribution is 2.23. The number of benzene rings is 2. The van der Waals surface area contributed by atoms with Crippen molar-refractivity contribution >= 4 is 29.1 Å². The average Bonchev–Trinajstić information content (AvgIpc) is 2.54. The van der Waals surface area contributed by atoms with E-state index in [0.29, 0.717) is 17.7 Å². The Balaban J connectivity index is 1.93. The molecule has 0 aliphatic carbocycles. The van der Waals surface area contributed by atoms with Gasteiger partial charge in [0.15, 0.2) is 5.78 Å². The lowest BCUT2D eigenvalue weighted by Crippen LogP contribution is -2.10. The summed E-state index contributed by atoms with van der Waals surface area (Å²) in [6.45, 7) is 1.92. The third-order valence-electron chi connectivity index (χ3n) is 3.22. The van der Waals surface area contributed by atoms with Gasteiger partial charge in [0.1, 0.15) is 11.6 Å². The number of rotatable bonds is 7. The molecule has 0 radical (unpaired) electrons. The second kappa shape index (κ2) is 8.59. The maximum absolute atomic E-state index is 13.5. The van der Waals surface area contributed by atoms with Crippen molar-refractivity contribution in [1.82, 2.24) is 0 Å². The number of anilines is 1. The highest BCUT2D eigenvalue weighted by molar-refractivity contribution is 8.00. The highest BCUT2D eigenvalue weighted by atomic mass is 32.2. The molecule has 0 spiro atoms. The minimum atomic E-state index is -0.679. The Morgan fingerprint density at radius 1 is 1.08 bits per heavy atom. The average molecular weight is 349 g/mol. The van der Waals surface area contributed by atoms with Crippen molar-refractivity contribution in [2.24, 2.45) is 0 Å². The zero-order chi connectivity index (χ0) is 17.5. The van der Waals surface area contributed by atoms with Crippen LogP contribution in [0, 0.1) is 11.6 Å². The molecule has 24 heavy (non-hydrogen) atoms. The van der Waals surface area contributed by atoms with Gasteiger partial charge in [-0.15, -0.1) is 11.8 Å².